The molecule has 634 valence electrons. The fourth-order valence-corrected chi connectivity index (χ4v) is 12.0. The fourth-order valence-electron chi connectivity index (χ4n) is 12.0. The van der Waals surface area contributed by atoms with Gasteiger partial charge in [-0.3, -0.25) is 81.5 Å². The molecule has 0 unspecified atom stereocenters. The van der Waals surface area contributed by atoms with Gasteiger partial charge in [0.25, 0.3) is 0 Å². The average molecular weight is 1610 g/mol. The molecule has 3 rings (SSSR count). The number of carbonyl (C=O) groups excluding carboxylic acids is 14. The van der Waals surface area contributed by atoms with Gasteiger partial charge in [0, 0.05) is 32.2 Å². The highest BCUT2D eigenvalue weighted by atomic mass is 16.4. The van der Waals surface area contributed by atoms with Crippen molar-refractivity contribution in [2.45, 2.75) is 235 Å². The first-order valence-corrected chi connectivity index (χ1v) is 38.1. The number of likely N-dealkylation sites (tertiary alicyclic amines) is 1. The summed E-state index contributed by atoms with van der Waals surface area (Å²) in [6, 6.07) is -6.12. The SMILES string of the molecule is CC[C@H](C)[C@H](NC(=O)[C@H](CC(N)=O)NC(=O)[C@@H](NC(=O)[C@H](Cc1ccc(O)cc1)NC(=O)[C@H](CCC(=O)O)NC(=O)CNC(=O)[C@@H]1CCCN1C(=O)[C@H](CO)NC(=O)[C@H](CCCCN)NC(=O)[C@H](CCCCN)NC(=O)[C@@H](N)CCCCN)C(C)C)C(=O)N[C@@H](CCC(=O)O)C(=O)N[C@@H](Cc1ccccc1)C(=O)N[C@@H](C)C(=O)O. The number of nitrogens with two attached hydrogens (primary N) is 5. The molecule has 0 aliphatic carbocycles. The van der Waals surface area contributed by atoms with E-state index < -0.39 is 243 Å². The minimum Gasteiger partial charge on any atom is -0.508 e. The van der Waals surface area contributed by atoms with Crippen LogP contribution in [0.15, 0.2) is 54.6 Å². The number of rotatable bonds is 54. The Hall–Kier alpha value is -11.0. The Bertz CT molecular complexity index is 3580. The molecular formula is C74H116N18O22. The Morgan fingerprint density at radius 1 is 0.482 bits per heavy atom. The maximum atomic E-state index is 14.6. The molecule has 0 bridgehead atoms. The highest BCUT2D eigenvalue weighted by Crippen LogP contribution is 2.21. The van der Waals surface area contributed by atoms with Crippen LogP contribution in [0.1, 0.15) is 155 Å². The molecular weight excluding hydrogens is 1490 g/mol. The van der Waals surface area contributed by atoms with Crippen LogP contribution in [0.2, 0.25) is 0 Å². The van der Waals surface area contributed by atoms with Gasteiger partial charge < -0.3 is 123 Å². The van der Waals surface area contributed by atoms with Crippen LogP contribution in [-0.4, -0.2) is 249 Å². The third-order valence-corrected chi connectivity index (χ3v) is 18.8. The lowest BCUT2D eigenvalue weighted by molar-refractivity contribution is -0.143. The van der Waals surface area contributed by atoms with E-state index in [4.69, 9.17) is 28.7 Å². The number of nitrogens with zero attached hydrogens (tertiary/aromatic N) is 1. The van der Waals surface area contributed by atoms with Crippen LogP contribution in [-0.2, 0) is 94.3 Å². The summed E-state index contributed by atoms with van der Waals surface area (Å²) in [4.78, 5) is 232. The van der Waals surface area contributed by atoms with Gasteiger partial charge in [0.05, 0.1) is 25.6 Å². The number of carboxylic acid groups (broad SMARTS) is 3. The van der Waals surface area contributed by atoms with Crippen molar-refractivity contribution in [3.63, 3.8) is 0 Å². The van der Waals surface area contributed by atoms with Gasteiger partial charge in [-0.1, -0.05) is 83.0 Å². The van der Waals surface area contributed by atoms with Gasteiger partial charge in [0.1, 0.15) is 78.3 Å². The van der Waals surface area contributed by atoms with Gasteiger partial charge in [-0.2, -0.15) is 0 Å². The van der Waals surface area contributed by atoms with Crippen LogP contribution in [0.25, 0.3) is 0 Å². The molecule has 40 nitrogen and oxygen atoms in total. The molecule has 2 aromatic carbocycles. The quantitative estimate of drug-likeness (QED) is 0.0275. The zero-order chi connectivity index (χ0) is 85.3. The molecule has 40 heteroatoms. The molecule has 1 fully saturated rings. The number of aliphatic carboxylic acids is 3. The molecule has 0 spiro atoms. The fraction of sp³-hybridized carbons (Fsp3) is 0.608. The molecule has 14 amide bonds. The topological polar surface area (TPSA) is 669 Å². The van der Waals surface area contributed by atoms with E-state index >= 15 is 0 Å². The van der Waals surface area contributed by atoms with Crippen LogP contribution in [0.3, 0.4) is 0 Å². The number of benzene rings is 2. The molecule has 114 heavy (non-hydrogen) atoms. The summed E-state index contributed by atoms with van der Waals surface area (Å²) in [6.45, 7) is 6.24. The first kappa shape index (κ1) is 97.2. The van der Waals surface area contributed by atoms with E-state index in [0.29, 0.717) is 69.2 Å². The molecule has 27 N–H and O–H groups in total. The van der Waals surface area contributed by atoms with Crippen molar-refractivity contribution in [2.75, 3.05) is 39.3 Å². The molecule has 0 radical (unpaired) electrons. The Balaban J connectivity index is 1.87. The van der Waals surface area contributed by atoms with E-state index in [0.717, 1.165) is 4.90 Å². The summed E-state index contributed by atoms with van der Waals surface area (Å²) < 4.78 is 0. The van der Waals surface area contributed by atoms with Gasteiger partial charge in [0.2, 0.25) is 82.7 Å². The summed E-state index contributed by atoms with van der Waals surface area (Å²) in [7, 11) is 0. The van der Waals surface area contributed by atoms with Gasteiger partial charge >= 0.3 is 17.9 Å². The van der Waals surface area contributed by atoms with Crippen LogP contribution < -0.4 is 92.5 Å². The number of aliphatic hydroxyl groups is 1. The zero-order valence-corrected chi connectivity index (χ0v) is 65.0. The van der Waals surface area contributed by atoms with E-state index in [-0.39, 0.29) is 57.4 Å². The van der Waals surface area contributed by atoms with Crippen molar-refractivity contribution < 1.29 is 107 Å². The lowest BCUT2D eigenvalue weighted by atomic mass is 9.96. The number of hydrogen-bond acceptors (Lipinski definition) is 23. The van der Waals surface area contributed by atoms with Gasteiger partial charge in [-0.15, -0.1) is 0 Å². The standard InChI is InChI=1S/C74H116N18O22/c1-6-41(4)61(72(111)85-50(28-30-59(99)100)66(105)86-51(35-43-17-8-7-9-18-43)67(106)81-42(5)74(113)114)91-69(108)53(37-56(79)95)88-71(110)60(40(2)3)90-68(107)52(36-44-23-25-45(94)26-24-44)87-65(104)49(27-29-58(97)98)82-57(96)38-80-70(109)55-22-16-34-92(55)73(112)54(39-93)89-64(103)48(21-12-15-33-77)84-63(102)47(20-11-14-32-76)83-62(101)46(78)19-10-13-31-75/h7-9,17-18,23-26,40-42,46-55,60-61,93-94H,6,10-16,19-22,27-39,75-78H2,1-5H3,(H2,79,95)(H,80,109)(H,81,106)(H,82,96)(H,83,101)(H,84,102)(H,85,111)(H,86,105)(H,87,104)(H,88,110)(H,89,103)(H,90,107)(H,91,108)(H,97,98)(H,99,100)(H,113,114)/t41-,42-,46-,47-,48-,49-,50-,51-,52-,53-,54-,55-,60-,61-/m0/s1. The van der Waals surface area contributed by atoms with Gasteiger partial charge in [-0.05, 0) is 139 Å². The van der Waals surface area contributed by atoms with Crippen molar-refractivity contribution in [3.05, 3.63) is 65.7 Å². The van der Waals surface area contributed by atoms with Crippen LogP contribution in [0.4, 0.5) is 0 Å². The summed E-state index contributed by atoms with van der Waals surface area (Å²) >= 11 is 0. The van der Waals surface area contributed by atoms with Crippen molar-refractivity contribution in [3.8, 4) is 5.75 Å². The van der Waals surface area contributed by atoms with Crippen molar-refractivity contribution in [1.82, 2.24) is 68.7 Å². The number of phenolic OH excluding ortho intramolecular Hbond substituents is 1. The largest absolute Gasteiger partial charge is 0.508 e. The second kappa shape index (κ2) is 50.9. The van der Waals surface area contributed by atoms with E-state index in [2.05, 4.69) is 63.8 Å². The summed E-state index contributed by atoms with van der Waals surface area (Å²) in [6.07, 6.45) is -0.431. The maximum absolute atomic E-state index is 14.6. The summed E-state index contributed by atoms with van der Waals surface area (Å²) in [5, 5.41) is 79.0. The van der Waals surface area contributed by atoms with E-state index in [1.165, 1.54) is 52.0 Å². The molecule has 2 aromatic rings. The minimum absolute atomic E-state index is 0.0135. The Morgan fingerprint density at radius 3 is 1.39 bits per heavy atom. The van der Waals surface area contributed by atoms with Crippen LogP contribution >= 0.6 is 0 Å². The second-order valence-electron chi connectivity index (χ2n) is 28.4. The minimum atomic E-state index is -1.90. The smallest absolute Gasteiger partial charge is 0.325 e. The first-order valence-electron chi connectivity index (χ1n) is 38.1. The summed E-state index contributed by atoms with van der Waals surface area (Å²) in [5.74, 6) is -20.1. The molecule has 1 saturated heterocycles. The molecule has 1 aliphatic rings. The maximum Gasteiger partial charge on any atom is 0.325 e. The highest BCUT2D eigenvalue weighted by molar-refractivity contribution is 6.01. The number of nitrogens with one attached hydrogen (secondary N) is 12. The van der Waals surface area contributed by atoms with E-state index in [9.17, 15) is 107 Å². The Labute approximate surface area is 660 Å². The normalized spacial score (nSPS) is 15.9. The van der Waals surface area contributed by atoms with Crippen LogP contribution in [0.5, 0.6) is 5.75 Å². The number of amides is 14. The third kappa shape index (κ3) is 34.6. The van der Waals surface area contributed by atoms with E-state index in [1.807, 2.05) is 0 Å². The van der Waals surface area contributed by atoms with Crippen molar-refractivity contribution in [2.24, 2.45) is 40.5 Å². The Kier molecular flexibility index (Phi) is 43.4. The lowest BCUT2D eigenvalue weighted by Crippen LogP contribution is -2.62. The van der Waals surface area contributed by atoms with Crippen molar-refractivity contribution >= 4 is 101 Å². The number of hydrogen-bond donors (Lipinski definition) is 22. The zero-order valence-electron chi connectivity index (χ0n) is 65.0. The highest BCUT2D eigenvalue weighted by Gasteiger charge is 2.41. The van der Waals surface area contributed by atoms with Gasteiger partial charge in [0.15, 0.2) is 0 Å². The summed E-state index contributed by atoms with van der Waals surface area (Å²) in [5.41, 5.74) is 29.5. The third-order valence-electron chi connectivity index (χ3n) is 18.8. The average Bonchev–Trinajstić information content (AvgIpc) is 1.53. The monoisotopic (exact) mass is 1610 g/mol. The van der Waals surface area contributed by atoms with E-state index in [1.54, 1.807) is 37.3 Å². The number of primary amides is 1. The number of aliphatic hydroxyl groups excluding tert-OH is 1. The molecule has 14 atom stereocenters. The molecule has 0 aromatic heterocycles. The number of aromatic hydroxyl groups is 1. The molecule has 1 heterocycles. The van der Waals surface area contributed by atoms with Crippen molar-refractivity contribution in [1.29, 1.82) is 0 Å². The first-order chi connectivity index (χ1) is 54.0. The molecule has 1 aliphatic heterocycles. The number of carbonyl (C=O) groups is 17. The number of carboxylic acids is 3. The number of phenols is 1. The lowest BCUT2D eigenvalue weighted by Gasteiger charge is -2.30. The predicted octanol–water partition coefficient (Wildman–Crippen LogP) is -5.26. The van der Waals surface area contributed by atoms with Gasteiger partial charge in [-0.25, -0.2) is 0 Å². The number of unbranched alkanes of at least 4 members (excludes halogenated alkanes) is 3. The predicted molar refractivity (Wildman–Crippen MR) is 410 cm³/mol. The molecule has 0 saturated carbocycles. The van der Waals surface area contributed by atoms with Crippen LogP contribution in [0, 0.1) is 11.8 Å². The second-order valence-corrected chi connectivity index (χ2v) is 28.4. The Morgan fingerprint density at radius 2 is 0.904 bits per heavy atom.